The van der Waals surface area contributed by atoms with Crippen molar-refractivity contribution in [2.75, 3.05) is 19.8 Å². The number of rotatable bonds is 8. The summed E-state index contributed by atoms with van der Waals surface area (Å²) in [7, 11) is 0. The number of nitrogens with one attached hydrogen (secondary N) is 1. The number of ether oxygens (including phenoxy) is 2. The highest BCUT2D eigenvalue weighted by Crippen LogP contribution is 2.33. The van der Waals surface area contributed by atoms with E-state index in [0.717, 1.165) is 0 Å². The van der Waals surface area contributed by atoms with Crippen LogP contribution in [0.2, 0.25) is 5.02 Å². The van der Waals surface area contributed by atoms with Gasteiger partial charge in [-0.05, 0) is 37.6 Å². The minimum atomic E-state index is -0.942. The molecule has 32 heavy (non-hydrogen) atoms. The Morgan fingerprint density at radius 3 is 2.62 bits per heavy atom. The van der Waals surface area contributed by atoms with Gasteiger partial charge >= 0.3 is 12.0 Å². The van der Waals surface area contributed by atoms with Crippen LogP contribution in [0.4, 0.5) is 10.5 Å². The first-order chi connectivity index (χ1) is 15.3. The molecule has 2 aromatic carbocycles. The zero-order chi connectivity index (χ0) is 23.3. The second-order valence-electron chi connectivity index (χ2n) is 6.81. The second kappa shape index (κ2) is 10.1. The van der Waals surface area contributed by atoms with Crippen LogP contribution < -0.4 is 10.1 Å². The smallest absolute Gasteiger partial charge is 0.338 e. The lowest BCUT2D eigenvalue weighted by molar-refractivity contribution is -0.384. The van der Waals surface area contributed by atoms with Gasteiger partial charge in [-0.25, -0.2) is 9.59 Å². The van der Waals surface area contributed by atoms with Crippen LogP contribution in [0.1, 0.15) is 25.5 Å². The average molecular weight is 460 g/mol. The van der Waals surface area contributed by atoms with Crippen LogP contribution >= 0.6 is 11.6 Å². The quantitative estimate of drug-likeness (QED) is 0.359. The summed E-state index contributed by atoms with van der Waals surface area (Å²) in [5.41, 5.74) is 0.684. The molecule has 2 amide bonds. The molecular formula is C22H22ClN3O6. The van der Waals surface area contributed by atoms with Crippen molar-refractivity contribution in [3.05, 3.63) is 80.5 Å². The minimum absolute atomic E-state index is 0.110. The summed E-state index contributed by atoms with van der Waals surface area (Å²) in [5, 5.41) is 14.5. The molecule has 10 heteroatoms. The third-order valence-corrected chi connectivity index (χ3v) is 5.07. The lowest BCUT2D eigenvalue weighted by Crippen LogP contribution is -2.49. The first kappa shape index (κ1) is 23.1. The number of nitrogens with zero attached hydrogens (tertiary/aromatic N) is 2. The van der Waals surface area contributed by atoms with Gasteiger partial charge in [0.2, 0.25) is 0 Å². The Labute approximate surface area is 189 Å². The van der Waals surface area contributed by atoms with Crippen molar-refractivity contribution in [3.8, 4) is 5.75 Å². The maximum atomic E-state index is 13.0. The first-order valence-electron chi connectivity index (χ1n) is 9.96. The lowest BCUT2D eigenvalue weighted by atomic mass is 9.94. The Kier molecular flexibility index (Phi) is 7.32. The molecule has 168 valence electrons. The SMILES string of the molecule is CCOC(=O)C1=C(COc2cccc(Cl)c2)N(CC)C(=O)NC1c1cccc([N+](=O)[O-])c1. The van der Waals surface area contributed by atoms with Gasteiger partial charge in [0.1, 0.15) is 12.4 Å². The fourth-order valence-electron chi connectivity index (χ4n) is 3.42. The van der Waals surface area contributed by atoms with E-state index >= 15 is 0 Å². The van der Waals surface area contributed by atoms with Crippen molar-refractivity contribution < 1.29 is 24.0 Å². The number of benzene rings is 2. The topological polar surface area (TPSA) is 111 Å². The van der Waals surface area contributed by atoms with Gasteiger partial charge in [-0.3, -0.25) is 15.0 Å². The standard InChI is InChI=1S/C22H22ClN3O6/c1-3-25-18(13-32-17-10-6-8-15(23)12-17)19(21(27)31-4-2)20(24-22(25)28)14-7-5-9-16(11-14)26(29)30/h5-12,20H,3-4,13H2,1-2H3,(H,24,28). The monoisotopic (exact) mass is 459 g/mol. The Morgan fingerprint density at radius 2 is 1.97 bits per heavy atom. The number of nitro groups is 1. The third-order valence-electron chi connectivity index (χ3n) is 4.84. The van der Waals surface area contributed by atoms with E-state index in [1.54, 1.807) is 44.2 Å². The number of likely N-dealkylation sites (N-methyl/N-ethyl adjacent to an activating group) is 1. The summed E-state index contributed by atoms with van der Waals surface area (Å²) in [6.07, 6.45) is 0. The Bertz CT molecular complexity index is 1070. The van der Waals surface area contributed by atoms with Gasteiger partial charge < -0.3 is 14.8 Å². The van der Waals surface area contributed by atoms with E-state index in [0.29, 0.717) is 22.0 Å². The fraction of sp³-hybridized carbons (Fsp3) is 0.273. The van der Waals surface area contributed by atoms with Gasteiger partial charge in [0.05, 0.1) is 28.8 Å². The number of hydrogen-bond acceptors (Lipinski definition) is 6. The number of hydrogen-bond donors (Lipinski definition) is 1. The maximum absolute atomic E-state index is 13.0. The second-order valence-corrected chi connectivity index (χ2v) is 7.24. The molecule has 0 bridgehead atoms. The summed E-state index contributed by atoms with van der Waals surface area (Å²) in [6, 6.07) is 11.1. The van der Waals surface area contributed by atoms with Gasteiger partial charge in [-0.2, -0.15) is 0 Å². The van der Waals surface area contributed by atoms with Crippen molar-refractivity contribution in [2.24, 2.45) is 0 Å². The molecule has 1 unspecified atom stereocenters. The minimum Gasteiger partial charge on any atom is -0.487 e. The predicted molar refractivity (Wildman–Crippen MR) is 117 cm³/mol. The van der Waals surface area contributed by atoms with Gasteiger partial charge in [0, 0.05) is 23.7 Å². The van der Waals surface area contributed by atoms with Crippen LogP contribution in [0, 0.1) is 10.1 Å². The normalized spacial score (nSPS) is 15.9. The van der Waals surface area contributed by atoms with Crippen molar-refractivity contribution >= 4 is 29.3 Å². The van der Waals surface area contributed by atoms with Gasteiger partial charge in [-0.1, -0.05) is 29.8 Å². The van der Waals surface area contributed by atoms with Gasteiger partial charge in [-0.15, -0.1) is 0 Å². The summed E-state index contributed by atoms with van der Waals surface area (Å²) >= 11 is 6.01. The molecule has 1 heterocycles. The molecule has 1 aliphatic rings. The van der Waals surface area contributed by atoms with E-state index in [9.17, 15) is 19.7 Å². The molecule has 0 spiro atoms. The molecular weight excluding hydrogens is 438 g/mol. The Balaban J connectivity index is 2.10. The molecule has 0 saturated heterocycles. The molecule has 9 nitrogen and oxygen atoms in total. The average Bonchev–Trinajstić information content (AvgIpc) is 2.77. The van der Waals surface area contributed by atoms with Crippen LogP contribution in [-0.4, -0.2) is 41.6 Å². The van der Waals surface area contributed by atoms with E-state index < -0.39 is 23.0 Å². The molecule has 0 aliphatic carbocycles. The van der Waals surface area contributed by atoms with E-state index in [1.807, 2.05) is 0 Å². The third kappa shape index (κ3) is 5.00. The number of amides is 2. The van der Waals surface area contributed by atoms with Crippen LogP contribution in [0.15, 0.2) is 59.8 Å². The number of halogens is 1. The zero-order valence-electron chi connectivity index (χ0n) is 17.5. The first-order valence-corrected chi connectivity index (χ1v) is 10.3. The van der Waals surface area contributed by atoms with Crippen LogP contribution in [0.3, 0.4) is 0 Å². The van der Waals surface area contributed by atoms with Crippen molar-refractivity contribution in [2.45, 2.75) is 19.9 Å². The predicted octanol–water partition coefficient (Wildman–Crippen LogP) is 4.23. The van der Waals surface area contributed by atoms with Crippen LogP contribution in [-0.2, 0) is 9.53 Å². The largest absolute Gasteiger partial charge is 0.487 e. The molecule has 0 saturated carbocycles. The number of carbonyl (C=O) groups is 2. The highest BCUT2D eigenvalue weighted by molar-refractivity contribution is 6.30. The number of esters is 1. The Morgan fingerprint density at radius 1 is 1.22 bits per heavy atom. The number of carbonyl (C=O) groups excluding carboxylic acids is 2. The van der Waals surface area contributed by atoms with Crippen LogP contribution in [0.5, 0.6) is 5.75 Å². The number of urea groups is 1. The molecule has 1 aliphatic heterocycles. The van der Waals surface area contributed by atoms with Crippen molar-refractivity contribution in [3.63, 3.8) is 0 Å². The Hall–Kier alpha value is -3.59. The van der Waals surface area contributed by atoms with E-state index in [2.05, 4.69) is 5.32 Å². The molecule has 3 rings (SSSR count). The highest BCUT2D eigenvalue weighted by Gasteiger charge is 2.38. The molecule has 0 aromatic heterocycles. The van der Waals surface area contributed by atoms with Crippen molar-refractivity contribution in [1.82, 2.24) is 10.2 Å². The van der Waals surface area contributed by atoms with Crippen LogP contribution in [0.25, 0.3) is 0 Å². The maximum Gasteiger partial charge on any atom is 0.338 e. The summed E-state index contributed by atoms with van der Waals surface area (Å²) in [5.74, 6) is -0.186. The fourth-order valence-corrected chi connectivity index (χ4v) is 3.60. The summed E-state index contributed by atoms with van der Waals surface area (Å²) in [6.45, 7) is 3.70. The van der Waals surface area contributed by atoms with E-state index in [4.69, 9.17) is 21.1 Å². The zero-order valence-corrected chi connectivity index (χ0v) is 18.3. The molecule has 0 fully saturated rings. The molecule has 1 N–H and O–H groups in total. The number of nitro benzene ring substituents is 1. The lowest BCUT2D eigenvalue weighted by Gasteiger charge is -2.36. The highest BCUT2D eigenvalue weighted by atomic mass is 35.5. The number of non-ortho nitro benzene ring substituents is 1. The summed E-state index contributed by atoms with van der Waals surface area (Å²) in [4.78, 5) is 37.9. The van der Waals surface area contributed by atoms with E-state index in [-0.39, 0.29) is 31.0 Å². The molecule has 2 aromatic rings. The van der Waals surface area contributed by atoms with E-state index in [1.165, 1.54) is 23.1 Å². The van der Waals surface area contributed by atoms with Gasteiger partial charge in [0.25, 0.3) is 5.69 Å². The molecule has 0 radical (unpaired) electrons. The van der Waals surface area contributed by atoms with Crippen molar-refractivity contribution in [1.29, 1.82) is 0 Å². The summed E-state index contributed by atoms with van der Waals surface area (Å²) < 4.78 is 11.1. The molecule has 1 atom stereocenters. The van der Waals surface area contributed by atoms with Gasteiger partial charge in [0.15, 0.2) is 0 Å².